The number of aliphatic hydroxyl groups is 1. The van der Waals surface area contributed by atoms with E-state index in [9.17, 15) is 31.4 Å². The van der Waals surface area contributed by atoms with Crippen LogP contribution in [0.1, 0.15) is 74.4 Å². The van der Waals surface area contributed by atoms with E-state index in [0.717, 1.165) is 25.7 Å². The van der Waals surface area contributed by atoms with Gasteiger partial charge in [0.2, 0.25) is 0 Å². The number of halogens is 7. The lowest BCUT2D eigenvalue weighted by Gasteiger charge is -2.35. The first-order valence-electron chi connectivity index (χ1n) is 11.8. The van der Waals surface area contributed by atoms with Gasteiger partial charge in [-0.15, -0.1) is 0 Å². The fourth-order valence-corrected chi connectivity index (χ4v) is 4.85. The molecule has 3 rings (SSSR count). The molecular weight excluding hydrogens is 554 g/mol. The summed E-state index contributed by atoms with van der Waals surface area (Å²) in [6.45, 7) is 4.32. The van der Waals surface area contributed by atoms with Crippen molar-refractivity contribution in [1.82, 2.24) is 15.3 Å². The maximum Gasteiger partial charge on any atom is 0.416 e. The van der Waals surface area contributed by atoms with E-state index >= 15 is 0 Å². The highest BCUT2D eigenvalue weighted by Gasteiger charge is 2.38. The van der Waals surface area contributed by atoms with Gasteiger partial charge in [0.15, 0.2) is 5.82 Å². The quantitative estimate of drug-likeness (QED) is 0.341. The number of nitrogens with zero attached hydrogens (tertiary/aromatic N) is 3. The second-order valence-electron chi connectivity index (χ2n) is 8.99. The molecule has 2 aromatic rings. The third kappa shape index (κ3) is 7.10. The molecular formula is C24H29BrF6N4O. The average molecular weight is 583 g/mol. The van der Waals surface area contributed by atoms with Gasteiger partial charge >= 0.3 is 12.4 Å². The van der Waals surface area contributed by atoms with E-state index in [1.807, 2.05) is 6.92 Å². The smallest absolute Gasteiger partial charge is 0.387 e. The summed E-state index contributed by atoms with van der Waals surface area (Å²) >= 11 is 3.31. The molecule has 1 aliphatic rings. The molecule has 5 nitrogen and oxygen atoms in total. The standard InChI is InChI=1S/C24H29BrF6N4O/c1-3-35(18-7-5-4-6-8-18)22-19(34-20(25)13-33-22)12-32-14(2)21(36)15-9-16(23(26,27)28)11-17(10-15)24(29,30)31/h9-11,13-14,18,21,32,36H,3-8,12H2,1-2H3/t14-,21-/m0/s1. The Morgan fingerprint density at radius 1 is 1.06 bits per heavy atom. The fourth-order valence-electron chi connectivity index (χ4n) is 4.54. The van der Waals surface area contributed by atoms with E-state index in [1.54, 1.807) is 6.20 Å². The summed E-state index contributed by atoms with van der Waals surface area (Å²) in [7, 11) is 0. The second-order valence-corrected chi connectivity index (χ2v) is 9.81. The molecule has 36 heavy (non-hydrogen) atoms. The molecule has 1 aliphatic carbocycles. The zero-order valence-electron chi connectivity index (χ0n) is 19.9. The van der Waals surface area contributed by atoms with Crippen LogP contribution in [0.15, 0.2) is 29.0 Å². The van der Waals surface area contributed by atoms with Crippen molar-refractivity contribution in [2.45, 2.75) is 83.0 Å². The van der Waals surface area contributed by atoms with Crippen LogP contribution in [0.3, 0.4) is 0 Å². The van der Waals surface area contributed by atoms with E-state index < -0.39 is 41.2 Å². The van der Waals surface area contributed by atoms with Crippen LogP contribution in [0.25, 0.3) is 0 Å². The van der Waals surface area contributed by atoms with Crippen molar-refractivity contribution in [2.24, 2.45) is 0 Å². The number of nitrogens with one attached hydrogen (secondary N) is 1. The molecule has 0 bridgehead atoms. The first-order valence-corrected chi connectivity index (χ1v) is 12.6. The number of rotatable bonds is 8. The molecule has 12 heteroatoms. The van der Waals surface area contributed by atoms with E-state index in [0.29, 0.717) is 40.8 Å². The molecule has 0 saturated heterocycles. The number of aromatic nitrogens is 2. The third-order valence-electron chi connectivity index (χ3n) is 6.44. The number of aliphatic hydroxyl groups excluding tert-OH is 1. The summed E-state index contributed by atoms with van der Waals surface area (Å²) in [6.07, 6.45) is -4.52. The van der Waals surface area contributed by atoms with Gasteiger partial charge in [0, 0.05) is 25.2 Å². The first kappa shape index (κ1) is 28.6. The Morgan fingerprint density at radius 2 is 1.64 bits per heavy atom. The highest BCUT2D eigenvalue weighted by Crippen LogP contribution is 2.38. The van der Waals surface area contributed by atoms with Gasteiger partial charge in [0.1, 0.15) is 4.60 Å². The summed E-state index contributed by atoms with van der Waals surface area (Å²) in [6, 6.07) is 0.566. The Balaban J connectivity index is 1.82. The molecule has 1 saturated carbocycles. The summed E-state index contributed by atoms with van der Waals surface area (Å²) in [5, 5.41) is 13.7. The molecule has 200 valence electrons. The fraction of sp³-hybridized carbons (Fsp3) is 0.583. The van der Waals surface area contributed by atoms with Crippen LogP contribution in [0, 0.1) is 0 Å². The molecule has 1 aromatic heterocycles. The molecule has 2 N–H and O–H groups in total. The summed E-state index contributed by atoms with van der Waals surface area (Å²) in [5.41, 5.74) is -2.85. The van der Waals surface area contributed by atoms with Crippen molar-refractivity contribution < 1.29 is 31.4 Å². The minimum Gasteiger partial charge on any atom is -0.387 e. The molecule has 0 unspecified atom stereocenters. The van der Waals surface area contributed by atoms with Crippen molar-refractivity contribution in [3.05, 3.63) is 51.4 Å². The van der Waals surface area contributed by atoms with Gasteiger partial charge in [-0.2, -0.15) is 26.3 Å². The van der Waals surface area contributed by atoms with Crippen molar-refractivity contribution in [3.63, 3.8) is 0 Å². The van der Waals surface area contributed by atoms with Gasteiger partial charge in [-0.3, -0.25) is 0 Å². The lowest BCUT2D eigenvalue weighted by molar-refractivity contribution is -0.143. The molecule has 0 radical (unpaired) electrons. The van der Waals surface area contributed by atoms with Gasteiger partial charge in [0.05, 0.1) is 29.1 Å². The lowest BCUT2D eigenvalue weighted by Crippen LogP contribution is -2.39. The predicted molar refractivity (Wildman–Crippen MR) is 127 cm³/mol. The Morgan fingerprint density at radius 3 is 2.17 bits per heavy atom. The topological polar surface area (TPSA) is 61.3 Å². The van der Waals surface area contributed by atoms with Crippen LogP contribution < -0.4 is 10.2 Å². The van der Waals surface area contributed by atoms with Gasteiger partial charge < -0.3 is 15.3 Å². The van der Waals surface area contributed by atoms with E-state index in [-0.39, 0.29) is 12.6 Å². The predicted octanol–water partition coefficient (Wildman–Crippen LogP) is 6.65. The lowest BCUT2D eigenvalue weighted by atomic mass is 9.94. The van der Waals surface area contributed by atoms with E-state index in [2.05, 4.69) is 36.1 Å². The highest BCUT2D eigenvalue weighted by molar-refractivity contribution is 9.10. The van der Waals surface area contributed by atoms with Crippen LogP contribution in [0.5, 0.6) is 0 Å². The van der Waals surface area contributed by atoms with Crippen molar-refractivity contribution >= 4 is 21.7 Å². The summed E-state index contributed by atoms with van der Waals surface area (Å²) < 4.78 is 79.8. The Kier molecular flexibility index (Phi) is 9.26. The highest BCUT2D eigenvalue weighted by atomic mass is 79.9. The second kappa shape index (κ2) is 11.6. The SMILES string of the molecule is CCN(c1ncc(Br)nc1CN[C@@H](C)[C@H](O)c1cc(C(F)(F)F)cc(C(F)(F)F)c1)C1CCCCC1. The van der Waals surface area contributed by atoms with Crippen LogP contribution in [-0.4, -0.2) is 33.7 Å². The Bertz CT molecular complexity index is 994. The Hall–Kier alpha value is -1.92. The molecule has 0 amide bonds. The number of alkyl halides is 6. The number of hydrogen-bond donors (Lipinski definition) is 2. The molecule has 1 heterocycles. The minimum absolute atomic E-state index is 0.0439. The van der Waals surface area contributed by atoms with Crippen LogP contribution >= 0.6 is 15.9 Å². The van der Waals surface area contributed by atoms with E-state index in [4.69, 9.17) is 0 Å². The van der Waals surface area contributed by atoms with Crippen LogP contribution in [0.2, 0.25) is 0 Å². The van der Waals surface area contributed by atoms with Crippen LogP contribution in [0.4, 0.5) is 32.2 Å². The molecule has 1 aromatic carbocycles. The summed E-state index contributed by atoms with van der Waals surface area (Å²) in [4.78, 5) is 11.2. The molecule has 0 spiro atoms. The zero-order valence-corrected chi connectivity index (χ0v) is 21.5. The normalized spacial score (nSPS) is 17.2. The summed E-state index contributed by atoms with van der Waals surface area (Å²) in [5.74, 6) is 0.667. The van der Waals surface area contributed by atoms with Gasteiger partial charge in [-0.05, 0) is 66.4 Å². The maximum atomic E-state index is 13.2. The molecule has 1 fully saturated rings. The van der Waals surface area contributed by atoms with Gasteiger partial charge in [-0.25, -0.2) is 9.97 Å². The molecule has 2 atom stereocenters. The van der Waals surface area contributed by atoms with Crippen molar-refractivity contribution in [3.8, 4) is 0 Å². The first-order chi connectivity index (χ1) is 16.8. The number of anilines is 1. The minimum atomic E-state index is -4.99. The average Bonchev–Trinajstić information content (AvgIpc) is 2.83. The van der Waals surface area contributed by atoms with E-state index in [1.165, 1.54) is 13.3 Å². The largest absolute Gasteiger partial charge is 0.416 e. The third-order valence-corrected chi connectivity index (χ3v) is 6.82. The monoisotopic (exact) mass is 582 g/mol. The van der Waals surface area contributed by atoms with Crippen molar-refractivity contribution in [1.29, 1.82) is 0 Å². The van der Waals surface area contributed by atoms with Crippen LogP contribution in [-0.2, 0) is 18.9 Å². The number of benzene rings is 1. The number of hydrogen-bond acceptors (Lipinski definition) is 5. The molecule has 0 aliphatic heterocycles. The van der Waals surface area contributed by atoms with Gasteiger partial charge in [0.25, 0.3) is 0 Å². The Labute approximate surface area is 214 Å². The van der Waals surface area contributed by atoms with Gasteiger partial charge in [-0.1, -0.05) is 19.3 Å². The maximum absolute atomic E-state index is 13.2. The zero-order chi connectivity index (χ0) is 26.7. The van der Waals surface area contributed by atoms with Crippen molar-refractivity contribution in [2.75, 3.05) is 11.4 Å².